The highest BCUT2D eigenvalue weighted by atomic mass is 35.5. The molecule has 2 rings (SSSR count). The van der Waals surface area contributed by atoms with Gasteiger partial charge in [0.15, 0.2) is 0 Å². The van der Waals surface area contributed by atoms with Crippen LogP contribution < -0.4 is 5.73 Å². The van der Waals surface area contributed by atoms with Gasteiger partial charge in [-0.25, -0.2) is 4.39 Å². The van der Waals surface area contributed by atoms with Crippen LogP contribution in [0.2, 0.25) is 5.02 Å². The molecule has 2 N–H and O–H groups in total. The van der Waals surface area contributed by atoms with E-state index < -0.39 is 0 Å². The van der Waals surface area contributed by atoms with Gasteiger partial charge in [-0.2, -0.15) is 0 Å². The smallest absolute Gasteiger partial charge is 0.141 e. The molecule has 1 fully saturated rings. The molecule has 1 aromatic rings. The molecule has 3 heteroatoms. The second-order valence-electron chi connectivity index (χ2n) is 5.20. The summed E-state index contributed by atoms with van der Waals surface area (Å²) >= 11 is 5.79. The molecule has 0 spiro atoms. The number of halogens is 2. The van der Waals surface area contributed by atoms with Gasteiger partial charge in [-0.1, -0.05) is 43.4 Å². The summed E-state index contributed by atoms with van der Waals surface area (Å²) in [6.07, 6.45) is 7.88. The summed E-state index contributed by atoms with van der Waals surface area (Å²) in [5.74, 6) is -0.359. The highest BCUT2D eigenvalue weighted by molar-refractivity contribution is 6.30. The first-order valence-corrected chi connectivity index (χ1v) is 6.70. The predicted molar refractivity (Wildman–Crippen MR) is 69.7 cm³/mol. The van der Waals surface area contributed by atoms with Gasteiger partial charge < -0.3 is 5.73 Å². The molecule has 94 valence electrons. The van der Waals surface area contributed by atoms with E-state index >= 15 is 0 Å². The molecule has 0 heterocycles. The first kappa shape index (κ1) is 12.8. The van der Waals surface area contributed by atoms with Crippen molar-refractivity contribution in [2.24, 2.45) is 5.73 Å². The van der Waals surface area contributed by atoms with Crippen molar-refractivity contribution in [3.8, 4) is 0 Å². The average Bonchev–Trinajstić information content (AvgIpc) is 2.49. The van der Waals surface area contributed by atoms with E-state index in [-0.39, 0.29) is 16.4 Å². The van der Waals surface area contributed by atoms with Crippen LogP contribution in [0.3, 0.4) is 0 Å². The molecule has 0 radical (unpaired) electrons. The largest absolute Gasteiger partial charge is 0.325 e. The Bertz CT molecular complexity index is 384. The molecule has 1 nitrogen and oxygen atoms in total. The lowest BCUT2D eigenvalue weighted by Gasteiger charge is -2.28. The summed E-state index contributed by atoms with van der Waals surface area (Å²) in [4.78, 5) is 0. The lowest BCUT2D eigenvalue weighted by molar-refractivity contribution is 0.369. The molecule has 0 bridgehead atoms. The van der Waals surface area contributed by atoms with E-state index in [1.165, 1.54) is 31.7 Å². The summed E-state index contributed by atoms with van der Waals surface area (Å²) in [5, 5.41) is 0.194. The topological polar surface area (TPSA) is 26.0 Å². The van der Waals surface area contributed by atoms with E-state index in [1.807, 2.05) is 0 Å². The fourth-order valence-corrected chi connectivity index (χ4v) is 2.87. The van der Waals surface area contributed by atoms with Crippen LogP contribution in [0.25, 0.3) is 0 Å². The van der Waals surface area contributed by atoms with Crippen molar-refractivity contribution in [3.05, 3.63) is 34.6 Å². The minimum Gasteiger partial charge on any atom is -0.325 e. The van der Waals surface area contributed by atoms with Crippen LogP contribution in [-0.4, -0.2) is 5.54 Å². The van der Waals surface area contributed by atoms with Crippen LogP contribution in [0.4, 0.5) is 4.39 Å². The minimum absolute atomic E-state index is 0.127. The molecule has 0 aromatic heterocycles. The van der Waals surface area contributed by atoms with Crippen molar-refractivity contribution >= 4 is 11.6 Å². The van der Waals surface area contributed by atoms with Crippen LogP contribution in [-0.2, 0) is 6.42 Å². The second-order valence-corrected chi connectivity index (χ2v) is 5.61. The van der Waals surface area contributed by atoms with E-state index in [4.69, 9.17) is 17.3 Å². The third-order valence-electron chi connectivity index (χ3n) is 3.64. The van der Waals surface area contributed by atoms with Gasteiger partial charge in [-0.15, -0.1) is 0 Å². The van der Waals surface area contributed by atoms with Gasteiger partial charge in [0.25, 0.3) is 0 Å². The quantitative estimate of drug-likeness (QED) is 0.792. The van der Waals surface area contributed by atoms with Crippen molar-refractivity contribution in [3.63, 3.8) is 0 Å². The highest BCUT2D eigenvalue weighted by Gasteiger charge is 2.26. The number of hydrogen-bond donors (Lipinski definition) is 1. The van der Waals surface area contributed by atoms with Crippen LogP contribution in [0.5, 0.6) is 0 Å². The third-order valence-corrected chi connectivity index (χ3v) is 3.93. The average molecular weight is 256 g/mol. The second kappa shape index (κ2) is 5.36. The molecule has 0 aliphatic heterocycles. The lowest BCUT2D eigenvalue weighted by atomic mass is 9.85. The van der Waals surface area contributed by atoms with Crippen LogP contribution in [0.1, 0.15) is 44.1 Å². The summed E-state index contributed by atoms with van der Waals surface area (Å²) in [6.45, 7) is 0. The molecule has 17 heavy (non-hydrogen) atoms. The Morgan fingerprint density at radius 2 is 1.82 bits per heavy atom. The van der Waals surface area contributed by atoms with E-state index in [2.05, 4.69) is 0 Å². The Kier molecular flexibility index (Phi) is 4.05. The van der Waals surface area contributed by atoms with Crippen molar-refractivity contribution in [2.75, 3.05) is 0 Å². The number of hydrogen-bond acceptors (Lipinski definition) is 1. The van der Waals surface area contributed by atoms with Gasteiger partial charge in [0.05, 0.1) is 5.02 Å². The van der Waals surface area contributed by atoms with Crippen LogP contribution >= 0.6 is 11.6 Å². The standard InChI is InChI=1S/C14H19ClFN/c15-12-9-11(5-6-13(12)16)10-14(17)7-3-1-2-4-8-14/h5-6,9H,1-4,7-8,10,17H2. The van der Waals surface area contributed by atoms with Crippen molar-refractivity contribution in [1.82, 2.24) is 0 Å². The van der Waals surface area contributed by atoms with Crippen LogP contribution in [0, 0.1) is 5.82 Å². The Morgan fingerprint density at radius 3 is 2.41 bits per heavy atom. The Balaban J connectivity index is 2.10. The maximum atomic E-state index is 13.1. The van der Waals surface area contributed by atoms with E-state index in [9.17, 15) is 4.39 Å². The molecule has 0 unspecified atom stereocenters. The van der Waals surface area contributed by atoms with Crippen molar-refractivity contribution < 1.29 is 4.39 Å². The normalized spacial score (nSPS) is 19.9. The molecule has 0 amide bonds. The van der Waals surface area contributed by atoms with E-state index in [0.717, 1.165) is 24.8 Å². The maximum absolute atomic E-state index is 13.1. The van der Waals surface area contributed by atoms with Gasteiger partial charge in [-0.3, -0.25) is 0 Å². The van der Waals surface area contributed by atoms with Crippen molar-refractivity contribution in [2.45, 2.75) is 50.5 Å². The summed E-state index contributed by atoms with van der Waals surface area (Å²) in [7, 11) is 0. The monoisotopic (exact) mass is 255 g/mol. The van der Waals surface area contributed by atoms with Crippen LogP contribution in [0.15, 0.2) is 18.2 Å². The first-order valence-electron chi connectivity index (χ1n) is 6.32. The fraction of sp³-hybridized carbons (Fsp3) is 0.571. The summed E-state index contributed by atoms with van der Waals surface area (Å²) < 4.78 is 13.1. The molecular formula is C14H19ClFN. The van der Waals surface area contributed by atoms with Gasteiger partial charge in [-0.05, 0) is 37.0 Å². The molecule has 0 atom stereocenters. The van der Waals surface area contributed by atoms with E-state index in [0.29, 0.717) is 0 Å². The zero-order valence-corrected chi connectivity index (χ0v) is 10.8. The Hall–Kier alpha value is -0.600. The van der Waals surface area contributed by atoms with Crippen molar-refractivity contribution in [1.29, 1.82) is 0 Å². The molecule has 1 aromatic carbocycles. The highest BCUT2D eigenvalue weighted by Crippen LogP contribution is 2.29. The summed E-state index contributed by atoms with van der Waals surface area (Å²) in [6, 6.07) is 4.93. The summed E-state index contributed by atoms with van der Waals surface area (Å²) in [5.41, 5.74) is 7.36. The maximum Gasteiger partial charge on any atom is 0.141 e. The Labute approximate surface area is 107 Å². The predicted octanol–water partition coefficient (Wildman–Crippen LogP) is 4.07. The number of nitrogens with two attached hydrogens (primary N) is 1. The number of rotatable bonds is 2. The molecule has 0 saturated heterocycles. The van der Waals surface area contributed by atoms with Gasteiger partial charge >= 0.3 is 0 Å². The van der Waals surface area contributed by atoms with E-state index in [1.54, 1.807) is 12.1 Å². The van der Waals surface area contributed by atoms with Gasteiger partial charge in [0.2, 0.25) is 0 Å². The first-order chi connectivity index (χ1) is 8.09. The van der Waals surface area contributed by atoms with Gasteiger partial charge in [0, 0.05) is 5.54 Å². The molecule has 1 aliphatic carbocycles. The molecule has 1 saturated carbocycles. The SMILES string of the molecule is NC1(Cc2ccc(F)c(Cl)c2)CCCCCC1. The number of benzene rings is 1. The third kappa shape index (κ3) is 3.43. The zero-order chi connectivity index (χ0) is 12.3. The minimum atomic E-state index is -0.359. The zero-order valence-electron chi connectivity index (χ0n) is 10.0. The molecule has 1 aliphatic rings. The fourth-order valence-electron chi connectivity index (χ4n) is 2.67. The molecular weight excluding hydrogens is 237 g/mol. The Morgan fingerprint density at radius 1 is 1.18 bits per heavy atom. The van der Waals surface area contributed by atoms with Gasteiger partial charge in [0.1, 0.15) is 5.82 Å². The lowest BCUT2D eigenvalue weighted by Crippen LogP contribution is -2.41.